The van der Waals surface area contributed by atoms with Gasteiger partial charge in [-0.1, -0.05) is 78.5 Å². The Labute approximate surface area is 168 Å². The molecule has 3 rings (SSSR count). The van der Waals surface area contributed by atoms with E-state index in [4.69, 9.17) is 46.4 Å². The maximum absolute atomic E-state index is 9.91. The van der Waals surface area contributed by atoms with E-state index in [0.29, 0.717) is 12.1 Å². The van der Waals surface area contributed by atoms with Crippen molar-refractivity contribution < 1.29 is 0 Å². The molecule has 0 aliphatic heterocycles. The van der Waals surface area contributed by atoms with Gasteiger partial charge in [-0.15, -0.1) is 0 Å². The number of hydrogen-bond acceptors (Lipinski definition) is 1. The third-order valence-electron chi connectivity index (χ3n) is 4.94. The normalized spacial score (nSPS) is 21.6. The number of aromatic nitrogens is 1. The van der Waals surface area contributed by atoms with E-state index in [0.717, 1.165) is 22.5 Å². The molecule has 1 heterocycles. The van der Waals surface area contributed by atoms with Gasteiger partial charge in [-0.3, -0.25) is 0 Å². The fourth-order valence-electron chi connectivity index (χ4n) is 4.28. The standard InChI is InChI=1S/C19H18Cl4N2/c1-18(2)9-19(3,10-24)13-12(18)14(16(20)21)25(15(13)17(22)23)11-7-5-4-6-8-11/h4-8,16-17H,9H2,1-3H3. The molecule has 1 aliphatic carbocycles. The summed E-state index contributed by atoms with van der Waals surface area (Å²) < 4.78 is 1.93. The van der Waals surface area contributed by atoms with E-state index in [9.17, 15) is 5.26 Å². The summed E-state index contributed by atoms with van der Waals surface area (Å²) in [5.41, 5.74) is 3.17. The minimum absolute atomic E-state index is 0.269. The minimum atomic E-state index is -0.809. The first-order chi connectivity index (χ1) is 11.6. The summed E-state index contributed by atoms with van der Waals surface area (Å²) in [6, 6.07) is 12.1. The first kappa shape index (κ1) is 18.9. The van der Waals surface area contributed by atoms with Gasteiger partial charge in [-0.25, -0.2) is 0 Å². The fourth-order valence-corrected chi connectivity index (χ4v) is 5.10. The molecule has 1 aliphatic rings. The molecule has 0 saturated carbocycles. The number of benzene rings is 1. The van der Waals surface area contributed by atoms with E-state index in [1.165, 1.54) is 0 Å². The van der Waals surface area contributed by atoms with Gasteiger partial charge in [0, 0.05) is 11.3 Å². The fraction of sp³-hybridized carbons (Fsp3) is 0.421. The van der Waals surface area contributed by atoms with E-state index in [-0.39, 0.29) is 5.41 Å². The monoisotopic (exact) mass is 414 g/mol. The summed E-state index contributed by atoms with van der Waals surface area (Å²) in [6.45, 7) is 6.13. The number of alkyl halides is 4. The summed E-state index contributed by atoms with van der Waals surface area (Å²) in [5, 5.41) is 9.91. The molecule has 1 aromatic carbocycles. The molecule has 0 fully saturated rings. The molecule has 1 aromatic heterocycles. The van der Waals surface area contributed by atoms with Gasteiger partial charge in [0.2, 0.25) is 0 Å². The van der Waals surface area contributed by atoms with Gasteiger partial charge in [0.05, 0.1) is 22.9 Å². The van der Waals surface area contributed by atoms with Gasteiger partial charge in [-0.2, -0.15) is 5.26 Å². The Kier molecular flexibility index (Phi) is 4.84. The van der Waals surface area contributed by atoms with Gasteiger partial charge >= 0.3 is 0 Å². The lowest BCUT2D eigenvalue weighted by atomic mass is 9.80. The van der Waals surface area contributed by atoms with Crippen molar-refractivity contribution in [2.75, 3.05) is 0 Å². The number of para-hydroxylation sites is 1. The Bertz CT molecular complexity index is 847. The van der Waals surface area contributed by atoms with Gasteiger partial charge in [-0.05, 0) is 36.5 Å². The van der Waals surface area contributed by atoms with Gasteiger partial charge < -0.3 is 4.57 Å². The molecule has 0 N–H and O–H groups in total. The zero-order valence-corrected chi connectivity index (χ0v) is 17.2. The predicted molar refractivity (Wildman–Crippen MR) is 105 cm³/mol. The molecule has 1 atom stereocenters. The van der Waals surface area contributed by atoms with Gasteiger partial charge in [0.25, 0.3) is 0 Å². The molecule has 2 nitrogen and oxygen atoms in total. The molecule has 1 unspecified atom stereocenters. The second-order valence-corrected chi connectivity index (χ2v) is 9.49. The SMILES string of the molecule is CC1(C)CC(C)(C#N)c2c1c(C(Cl)Cl)n(-c1ccccc1)c2C(Cl)Cl. The highest BCUT2D eigenvalue weighted by molar-refractivity contribution is 6.45. The number of fused-ring (bicyclic) bond motifs is 1. The van der Waals surface area contributed by atoms with Crippen molar-refractivity contribution in [2.24, 2.45) is 0 Å². The zero-order valence-electron chi connectivity index (χ0n) is 14.2. The predicted octanol–water partition coefficient (Wildman–Crippen LogP) is 6.89. The highest BCUT2D eigenvalue weighted by Crippen LogP contribution is 2.57. The third kappa shape index (κ3) is 2.86. The number of nitriles is 1. The highest BCUT2D eigenvalue weighted by atomic mass is 35.5. The molecule has 0 saturated heterocycles. The Balaban J connectivity index is 2.51. The third-order valence-corrected chi connectivity index (χ3v) is 5.77. The van der Waals surface area contributed by atoms with Crippen molar-refractivity contribution in [1.82, 2.24) is 4.57 Å². The van der Waals surface area contributed by atoms with Crippen LogP contribution in [0.3, 0.4) is 0 Å². The lowest BCUT2D eigenvalue weighted by molar-refractivity contribution is 0.434. The maximum Gasteiger partial charge on any atom is 0.148 e. The first-order valence-corrected chi connectivity index (χ1v) is 9.71. The van der Waals surface area contributed by atoms with Crippen LogP contribution in [0.1, 0.15) is 59.4 Å². The summed E-state index contributed by atoms with van der Waals surface area (Å²) in [4.78, 5) is -1.58. The molecule has 25 heavy (non-hydrogen) atoms. The van der Waals surface area contributed by atoms with E-state index in [1.807, 2.05) is 41.8 Å². The molecule has 0 bridgehead atoms. The molecule has 2 aromatic rings. The van der Waals surface area contributed by atoms with Crippen molar-refractivity contribution >= 4 is 46.4 Å². The van der Waals surface area contributed by atoms with E-state index in [1.54, 1.807) is 0 Å². The summed E-state index contributed by atoms with van der Waals surface area (Å²) in [6.07, 6.45) is 0.664. The highest BCUT2D eigenvalue weighted by Gasteiger charge is 2.52. The van der Waals surface area contributed by atoms with Crippen LogP contribution in [0.2, 0.25) is 0 Å². The number of halogens is 4. The van der Waals surface area contributed by atoms with Crippen LogP contribution in [0.15, 0.2) is 30.3 Å². The molecular weight excluding hydrogens is 398 g/mol. The second kappa shape index (κ2) is 6.39. The largest absolute Gasteiger partial charge is 0.312 e. The van der Waals surface area contributed by atoms with Crippen molar-refractivity contribution in [3.05, 3.63) is 52.8 Å². The van der Waals surface area contributed by atoms with Crippen molar-refractivity contribution in [3.63, 3.8) is 0 Å². The average molecular weight is 416 g/mol. The smallest absolute Gasteiger partial charge is 0.148 e. The maximum atomic E-state index is 9.91. The Morgan fingerprint density at radius 1 is 0.960 bits per heavy atom. The second-order valence-electron chi connectivity index (χ2n) is 7.30. The Morgan fingerprint density at radius 2 is 1.48 bits per heavy atom. The van der Waals surface area contributed by atoms with Gasteiger partial charge in [0.1, 0.15) is 9.67 Å². The number of nitrogens with zero attached hydrogens (tertiary/aromatic N) is 2. The van der Waals surface area contributed by atoms with E-state index < -0.39 is 15.1 Å². The summed E-state index contributed by atoms with van der Waals surface area (Å²) in [7, 11) is 0. The quantitative estimate of drug-likeness (QED) is 0.501. The topological polar surface area (TPSA) is 28.7 Å². The van der Waals surface area contributed by atoms with Crippen LogP contribution in [-0.4, -0.2) is 4.57 Å². The van der Waals surface area contributed by atoms with Crippen LogP contribution in [0.25, 0.3) is 5.69 Å². The van der Waals surface area contributed by atoms with Crippen LogP contribution in [-0.2, 0) is 10.8 Å². The van der Waals surface area contributed by atoms with Crippen LogP contribution >= 0.6 is 46.4 Å². The van der Waals surface area contributed by atoms with Crippen LogP contribution in [0.5, 0.6) is 0 Å². The first-order valence-electron chi connectivity index (χ1n) is 7.96. The molecule has 0 amide bonds. The lowest BCUT2D eigenvalue weighted by Crippen LogP contribution is -2.23. The molecule has 0 spiro atoms. The molecular formula is C19H18Cl4N2. The van der Waals surface area contributed by atoms with Crippen molar-refractivity contribution in [2.45, 2.75) is 47.7 Å². The van der Waals surface area contributed by atoms with Crippen LogP contribution in [0.4, 0.5) is 0 Å². The van der Waals surface area contributed by atoms with Crippen LogP contribution < -0.4 is 0 Å². The van der Waals surface area contributed by atoms with Crippen LogP contribution in [0, 0.1) is 11.3 Å². The molecule has 132 valence electrons. The molecule has 0 radical (unpaired) electrons. The van der Waals surface area contributed by atoms with E-state index in [2.05, 4.69) is 19.9 Å². The Morgan fingerprint density at radius 3 is 1.96 bits per heavy atom. The average Bonchev–Trinajstić information content (AvgIpc) is 3.01. The molecule has 6 heteroatoms. The van der Waals surface area contributed by atoms with Crippen molar-refractivity contribution in [3.8, 4) is 11.8 Å². The van der Waals surface area contributed by atoms with E-state index >= 15 is 0 Å². The summed E-state index contributed by atoms with van der Waals surface area (Å²) in [5.74, 6) is 0. The van der Waals surface area contributed by atoms with Gasteiger partial charge in [0.15, 0.2) is 0 Å². The number of hydrogen-bond donors (Lipinski definition) is 0. The van der Waals surface area contributed by atoms with Crippen molar-refractivity contribution in [1.29, 1.82) is 5.26 Å². The number of rotatable bonds is 3. The Hall–Kier alpha value is -0.850. The summed E-state index contributed by atoms with van der Waals surface area (Å²) >= 11 is 25.6. The lowest BCUT2D eigenvalue weighted by Gasteiger charge is -2.26. The zero-order chi connectivity index (χ0) is 18.6. The minimum Gasteiger partial charge on any atom is -0.312 e.